The van der Waals surface area contributed by atoms with E-state index in [1.165, 1.54) is 6.07 Å². The minimum absolute atomic E-state index is 0.0182. The topological polar surface area (TPSA) is 69.4 Å². The Hall–Kier alpha value is -2.69. The number of nitro groups is 1. The Morgan fingerprint density at radius 2 is 1.90 bits per heavy atom. The molecule has 0 bridgehead atoms. The van der Waals surface area contributed by atoms with Gasteiger partial charge in [0.05, 0.1) is 10.5 Å². The summed E-state index contributed by atoms with van der Waals surface area (Å²) in [7, 11) is 0. The van der Waals surface area contributed by atoms with E-state index in [1.807, 2.05) is 6.92 Å². The third kappa shape index (κ3) is 2.66. The molecule has 2 rings (SSSR count). The quantitative estimate of drug-likeness (QED) is 0.481. The number of hydrogen-bond acceptors (Lipinski definition) is 4. The van der Waals surface area contributed by atoms with E-state index >= 15 is 0 Å². The molecular weight excluding hydrogens is 258 g/mol. The molecule has 0 saturated carbocycles. The number of benzene rings is 2. The number of nitrogens with zero attached hydrogens (tertiary/aromatic N) is 1. The minimum Gasteiger partial charge on any atom is -0.457 e. The van der Waals surface area contributed by atoms with Crippen molar-refractivity contribution in [1.29, 1.82) is 0 Å². The van der Waals surface area contributed by atoms with Gasteiger partial charge in [0.15, 0.2) is 0 Å². The van der Waals surface area contributed by atoms with Crippen molar-refractivity contribution in [2.45, 2.75) is 13.8 Å². The van der Waals surface area contributed by atoms with Gasteiger partial charge < -0.3 is 4.74 Å². The maximum Gasteiger partial charge on any atom is 0.276 e. The molecule has 0 radical (unpaired) electrons. The summed E-state index contributed by atoms with van der Waals surface area (Å²) in [6.07, 6.45) is 0.759. The lowest BCUT2D eigenvalue weighted by Gasteiger charge is -2.11. The smallest absolute Gasteiger partial charge is 0.276 e. The summed E-state index contributed by atoms with van der Waals surface area (Å²) in [6, 6.07) is 9.71. The molecule has 5 heteroatoms. The molecule has 5 nitrogen and oxygen atoms in total. The van der Waals surface area contributed by atoms with Crippen LogP contribution >= 0.6 is 0 Å². The number of aryl methyl sites for hydroxylation is 1. The van der Waals surface area contributed by atoms with Gasteiger partial charge in [-0.1, -0.05) is 6.07 Å². The lowest BCUT2D eigenvalue weighted by Crippen LogP contribution is -1.96. The van der Waals surface area contributed by atoms with Crippen LogP contribution in [0.25, 0.3) is 0 Å². The number of aldehydes is 1. The van der Waals surface area contributed by atoms with Gasteiger partial charge >= 0.3 is 0 Å². The van der Waals surface area contributed by atoms with Crippen molar-refractivity contribution >= 4 is 12.0 Å². The zero-order valence-electron chi connectivity index (χ0n) is 11.1. The van der Waals surface area contributed by atoms with Crippen molar-refractivity contribution in [1.82, 2.24) is 0 Å². The number of nitro benzene ring substituents is 1. The van der Waals surface area contributed by atoms with Crippen LogP contribution in [0, 0.1) is 24.0 Å². The van der Waals surface area contributed by atoms with E-state index in [9.17, 15) is 14.9 Å². The van der Waals surface area contributed by atoms with Crippen molar-refractivity contribution in [3.05, 3.63) is 63.2 Å². The summed E-state index contributed by atoms with van der Waals surface area (Å²) < 4.78 is 5.71. The maximum absolute atomic E-state index is 10.9. The van der Waals surface area contributed by atoms with Crippen LogP contribution in [-0.4, -0.2) is 11.2 Å². The predicted molar refractivity (Wildman–Crippen MR) is 74.5 cm³/mol. The van der Waals surface area contributed by atoms with Gasteiger partial charge in [-0.05, 0) is 43.7 Å². The highest BCUT2D eigenvalue weighted by atomic mass is 16.6. The predicted octanol–water partition coefficient (Wildman–Crippen LogP) is 3.82. The van der Waals surface area contributed by atoms with Crippen molar-refractivity contribution in [3.63, 3.8) is 0 Å². The Morgan fingerprint density at radius 3 is 2.50 bits per heavy atom. The Kier molecular flexibility index (Phi) is 3.79. The summed E-state index contributed by atoms with van der Waals surface area (Å²) in [5, 5.41) is 10.9. The van der Waals surface area contributed by atoms with Gasteiger partial charge in [-0.15, -0.1) is 0 Å². The first kappa shape index (κ1) is 13.7. The van der Waals surface area contributed by atoms with Crippen LogP contribution in [-0.2, 0) is 0 Å². The molecule has 0 aromatic heterocycles. The fourth-order valence-corrected chi connectivity index (χ4v) is 1.89. The van der Waals surface area contributed by atoms with Crippen LogP contribution in [0.2, 0.25) is 0 Å². The van der Waals surface area contributed by atoms with Gasteiger partial charge in [0, 0.05) is 11.6 Å². The second-order valence-electron chi connectivity index (χ2n) is 4.40. The van der Waals surface area contributed by atoms with Gasteiger partial charge in [0.2, 0.25) is 0 Å². The van der Waals surface area contributed by atoms with Crippen LogP contribution in [0.5, 0.6) is 11.5 Å². The van der Waals surface area contributed by atoms with Crippen LogP contribution in [0.3, 0.4) is 0 Å². The molecule has 0 amide bonds. The average Bonchev–Trinajstić information content (AvgIpc) is 2.42. The first-order valence-electron chi connectivity index (χ1n) is 6.00. The number of hydrogen-bond donors (Lipinski definition) is 0. The summed E-state index contributed by atoms with van der Waals surface area (Å²) in [6.45, 7) is 3.46. The zero-order chi connectivity index (χ0) is 14.7. The second-order valence-corrected chi connectivity index (χ2v) is 4.40. The largest absolute Gasteiger partial charge is 0.457 e. The molecule has 0 aliphatic rings. The Bertz CT molecular complexity index is 680. The van der Waals surface area contributed by atoms with Crippen LogP contribution in [0.4, 0.5) is 5.69 Å². The fourth-order valence-electron chi connectivity index (χ4n) is 1.89. The number of carbonyl (C=O) groups is 1. The standard InChI is InChI=1S/C15H13NO4/c1-10-8-12(9-17)6-7-14(10)20-15-5-3-4-13(11(15)2)16(18)19/h3-9H,1-2H3. The molecule has 0 spiro atoms. The van der Waals surface area contributed by atoms with Crippen molar-refractivity contribution in [3.8, 4) is 11.5 Å². The molecule has 2 aromatic rings. The number of rotatable bonds is 4. The summed E-state index contributed by atoms with van der Waals surface area (Å²) in [4.78, 5) is 21.1. The number of ether oxygens (including phenoxy) is 1. The number of carbonyl (C=O) groups excluding carboxylic acids is 1. The molecule has 0 saturated heterocycles. The van der Waals surface area contributed by atoms with E-state index in [0.29, 0.717) is 22.6 Å². The van der Waals surface area contributed by atoms with E-state index in [0.717, 1.165) is 11.8 Å². The molecular formula is C15H13NO4. The third-order valence-corrected chi connectivity index (χ3v) is 3.01. The first-order valence-corrected chi connectivity index (χ1v) is 6.00. The normalized spacial score (nSPS) is 10.1. The fraction of sp³-hybridized carbons (Fsp3) is 0.133. The highest BCUT2D eigenvalue weighted by Crippen LogP contribution is 2.32. The lowest BCUT2D eigenvalue weighted by atomic mass is 10.1. The molecule has 0 aliphatic carbocycles. The highest BCUT2D eigenvalue weighted by Gasteiger charge is 2.15. The Labute approximate surface area is 116 Å². The SMILES string of the molecule is Cc1cc(C=O)ccc1Oc1cccc([N+](=O)[O-])c1C. The summed E-state index contributed by atoms with van der Waals surface area (Å²) >= 11 is 0. The summed E-state index contributed by atoms with van der Waals surface area (Å²) in [5.41, 5.74) is 1.84. The van der Waals surface area contributed by atoms with Crippen molar-refractivity contribution in [2.75, 3.05) is 0 Å². The Balaban J connectivity index is 2.38. The molecule has 0 aliphatic heterocycles. The molecule has 2 aromatic carbocycles. The molecule has 0 heterocycles. The van der Waals surface area contributed by atoms with Gasteiger partial charge in [-0.2, -0.15) is 0 Å². The van der Waals surface area contributed by atoms with Crippen LogP contribution in [0.15, 0.2) is 36.4 Å². The lowest BCUT2D eigenvalue weighted by molar-refractivity contribution is -0.385. The molecule has 0 atom stereocenters. The minimum atomic E-state index is -0.440. The van der Waals surface area contributed by atoms with Crippen LogP contribution in [0.1, 0.15) is 21.5 Å². The highest BCUT2D eigenvalue weighted by molar-refractivity contribution is 5.75. The van der Waals surface area contributed by atoms with Gasteiger partial charge in [-0.25, -0.2) is 0 Å². The van der Waals surface area contributed by atoms with E-state index < -0.39 is 4.92 Å². The Morgan fingerprint density at radius 1 is 1.15 bits per heavy atom. The van der Waals surface area contributed by atoms with Gasteiger partial charge in [0.25, 0.3) is 5.69 Å². The van der Waals surface area contributed by atoms with Gasteiger partial charge in [-0.3, -0.25) is 14.9 Å². The molecule has 20 heavy (non-hydrogen) atoms. The molecule has 0 fully saturated rings. The van der Waals surface area contributed by atoms with Gasteiger partial charge in [0.1, 0.15) is 17.8 Å². The van der Waals surface area contributed by atoms with E-state index in [4.69, 9.17) is 4.74 Å². The first-order chi connectivity index (χ1) is 9.52. The van der Waals surface area contributed by atoms with E-state index in [-0.39, 0.29) is 5.69 Å². The second kappa shape index (κ2) is 5.52. The molecule has 0 N–H and O–H groups in total. The van der Waals surface area contributed by atoms with Crippen molar-refractivity contribution < 1.29 is 14.5 Å². The third-order valence-electron chi connectivity index (χ3n) is 3.01. The molecule has 102 valence electrons. The monoisotopic (exact) mass is 271 g/mol. The van der Waals surface area contributed by atoms with Crippen LogP contribution < -0.4 is 4.74 Å². The molecule has 0 unspecified atom stereocenters. The summed E-state index contributed by atoms with van der Waals surface area (Å²) in [5.74, 6) is 1.00. The average molecular weight is 271 g/mol. The van der Waals surface area contributed by atoms with E-state index in [1.54, 1.807) is 37.3 Å². The van der Waals surface area contributed by atoms with Crippen molar-refractivity contribution in [2.24, 2.45) is 0 Å². The van der Waals surface area contributed by atoms with E-state index in [2.05, 4.69) is 0 Å². The maximum atomic E-state index is 10.9. The zero-order valence-corrected chi connectivity index (χ0v) is 11.1.